The summed E-state index contributed by atoms with van der Waals surface area (Å²) in [5.74, 6) is 0.313. The SMILES string of the molecule is CCC(C)(C)NC(=O)CN(c1ccc(OC(C)C)cc1)S(C)(=O)=O. The van der Waals surface area contributed by atoms with E-state index < -0.39 is 10.0 Å². The Balaban J connectivity index is 2.97. The third kappa shape index (κ3) is 6.39. The number of nitrogens with zero attached hydrogens (tertiary/aromatic N) is 1. The molecule has 0 spiro atoms. The molecule has 0 saturated heterocycles. The van der Waals surface area contributed by atoms with E-state index in [1.807, 2.05) is 34.6 Å². The molecule has 0 aromatic heterocycles. The lowest BCUT2D eigenvalue weighted by Crippen LogP contribution is -2.48. The molecular formula is C17H28N2O4S. The number of hydrogen-bond donors (Lipinski definition) is 1. The van der Waals surface area contributed by atoms with Crippen molar-refractivity contribution in [1.82, 2.24) is 5.32 Å². The molecule has 1 aromatic carbocycles. The molecule has 136 valence electrons. The maximum atomic E-state index is 12.2. The Morgan fingerprint density at radius 1 is 1.25 bits per heavy atom. The second kappa shape index (κ2) is 7.88. The predicted molar refractivity (Wildman–Crippen MR) is 96.9 cm³/mol. The van der Waals surface area contributed by atoms with Crippen molar-refractivity contribution in [3.05, 3.63) is 24.3 Å². The molecule has 0 heterocycles. The molecule has 0 saturated carbocycles. The van der Waals surface area contributed by atoms with Gasteiger partial charge in [0.15, 0.2) is 0 Å². The van der Waals surface area contributed by atoms with Gasteiger partial charge in [-0.25, -0.2) is 8.42 Å². The van der Waals surface area contributed by atoms with Gasteiger partial charge in [-0.05, 0) is 58.4 Å². The molecular weight excluding hydrogens is 328 g/mol. The van der Waals surface area contributed by atoms with E-state index in [1.54, 1.807) is 24.3 Å². The van der Waals surface area contributed by atoms with Crippen molar-refractivity contribution in [2.75, 3.05) is 17.1 Å². The minimum absolute atomic E-state index is 0.0314. The minimum atomic E-state index is -3.58. The zero-order chi connectivity index (χ0) is 18.5. The molecule has 0 bridgehead atoms. The number of carbonyl (C=O) groups is 1. The van der Waals surface area contributed by atoms with E-state index in [1.165, 1.54) is 0 Å². The van der Waals surface area contributed by atoms with Crippen LogP contribution in [0.5, 0.6) is 5.75 Å². The fourth-order valence-corrected chi connectivity index (χ4v) is 2.86. The molecule has 1 rings (SSSR count). The van der Waals surface area contributed by atoms with E-state index in [9.17, 15) is 13.2 Å². The first-order valence-corrected chi connectivity index (χ1v) is 9.85. The molecule has 0 fully saturated rings. The quantitative estimate of drug-likeness (QED) is 0.777. The monoisotopic (exact) mass is 356 g/mol. The first-order valence-electron chi connectivity index (χ1n) is 8.00. The second-order valence-electron chi connectivity index (χ2n) is 6.72. The van der Waals surface area contributed by atoms with Crippen LogP contribution in [0.15, 0.2) is 24.3 Å². The first-order chi connectivity index (χ1) is 10.9. The Labute approximate surface area is 145 Å². The van der Waals surface area contributed by atoms with Crippen molar-refractivity contribution in [1.29, 1.82) is 0 Å². The van der Waals surface area contributed by atoms with Crippen LogP contribution in [-0.4, -0.2) is 38.8 Å². The smallest absolute Gasteiger partial charge is 0.241 e. The average Bonchev–Trinajstić information content (AvgIpc) is 2.43. The highest BCUT2D eigenvalue weighted by atomic mass is 32.2. The highest BCUT2D eigenvalue weighted by molar-refractivity contribution is 7.92. The number of rotatable bonds is 8. The van der Waals surface area contributed by atoms with Crippen molar-refractivity contribution < 1.29 is 17.9 Å². The molecule has 6 nitrogen and oxygen atoms in total. The number of ether oxygens (including phenoxy) is 1. The van der Waals surface area contributed by atoms with Crippen molar-refractivity contribution >= 4 is 21.6 Å². The van der Waals surface area contributed by atoms with Crippen LogP contribution in [0.2, 0.25) is 0 Å². The number of hydrogen-bond acceptors (Lipinski definition) is 4. The van der Waals surface area contributed by atoms with E-state index in [0.29, 0.717) is 11.4 Å². The third-order valence-electron chi connectivity index (χ3n) is 3.55. The van der Waals surface area contributed by atoms with Gasteiger partial charge in [0.2, 0.25) is 15.9 Å². The lowest BCUT2D eigenvalue weighted by Gasteiger charge is -2.27. The van der Waals surface area contributed by atoms with Gasteiger partial charge < -0.3 is 10.1 Å². The average molecular weight is 356 g/mol. The van der Waals surface area contributed by atoms with Crippen LogP contribution in [0.3, 0.4) is 0 Å². The number of sulfonamides is 1. The van der Waals surface area contributed by atoms with Crippen LogP contribution in [0.4, 0.5) is 5.69 Å². The van der Waals surface area contributed by atoms with Crippen LogP contribution in [0, 0.1) is 0 Å². The van der Waals surface area contributed by atoms with Crippen LogP contribution in [0.1, 0.15) is 41.0 Å². The first kappa shape index (κ1) is 20.3. The van der Waals surface area contributed by atoms with E-state index in [2.05, 4.69) is 5.32 Å². The summed E-state index contributed by atoms with van der Waals surface area (Å²) in [6, 6.07) is 6.66. The van der Waals surface area contributed by atoms with Gasteiger partial charge in [-0.3, -0.25) is 9.10 Å². The highest BCUT2D eigenvalue weighted by Crippen LogP contribution is 2.22. The summed E-state index contributed by atoms with van der Waals surface area (Å²) in [6.45, 7) is 9.32. The summed E-state index contributed by atoms with van der Waals surface area (Å²) in [7, 11) is -3.58. The van der Waals surface area contributed by atoms with Gasteiger partial charge in [0.1, 0.15) is 12.3 Å². The number of amides is 1. The maximum absolute atomic E-state index is 12.2. The molecule has 0 atom stereocenters. The molecule has 0 unspecified atom stereocenters. The number of anilines is 1. The lowest BCUT2D eigenvalue weighted by atomic mass is 10.0. The molecule has 0 radical (unpaired) electrons. The molecule has 1 aromatic rings. The molecule has 0 aliphatic rings. The normalized spacial score (nSPS) is 12.1. The molecule has 24 heavy (non-hydrogen) atoms. The minimum Gasteiger partial charge on any atom is -0.491 e. The van der Waals surface area contributed by atoms with Crippen molar-refractivity contribution in [2.45, 2.75) is 52.7 Å². The summed E-state index contributed by atoms with van der Waals surface area (Å²) in [6.07, 6.45) is 1.87. The summed E-state index contributed by atoms with van der Waals surface area (Å²) >= 11 is 0. The third-order valence-corrected chi connectivity index (χ3v) is 4.69. The largest absolute Gasteiger partial charge is 0.491 e. The van der Waals surface area contributed by atoms with Gasteiger partial charge in [0, 0.05) is 5.54 Å². The second-order valence-corrected chi connectivity index (χ2v) is 8.62. The maximum Gasteiger partial charge on any atom is 0.241 e. The van der Waals surface area contributed by atoms with Crippen LogP contribution in [-0.2, 0) is 14.8 Å². The van der Waals surface area contributed by atoms with Crippen molar-refractivity contribution in [2.24, 2.45) is 0 Å². The van der Waals surface area contributed by atoms with E-state index in [4.69, 9.17) is 4.74 Å². The van der Waals surface area contributed by atoms with Crippen LogP contribution < -0.4 is 14.4 Å². The summed E-state index contributed by atoms with van der Waals surface area (Å²) in [5, 5.41) is 2.85. The molecule has 0 aliphatic carbocycles. The molecule has 1 N–H and O–H groups in total. The van der Waals surface area contributed by atoms with E-state index >= 15 is 0 Å². The fourth-order valence-electron chi connectivity index (χ4n) is 2.00. The Hall–Kier alpha value is -1.76. The van der Waals surface area contributed by atoms with Gasteiger partial charge in [0.25, 0.3) is 0 Å². The number of nitrogens with one attached hydrogen (secondary N) is 1. The predicted octanol–water partition coefficient (Wildman–Crippen LogP) is 2.54. The standard InChI is InChI=1S/C17H28N2O4S/c1-7-17(4,5)18-16(20)12-19(24(6,21)22)14-8-10-15(11-9-14)23-13(2)3/h8-11,13H,7,12H2,1-6H3,(H,18,20). The van der Waals surface area contributed by atoms with Crippen molar-refractivity contribution in [3.63, 3.8) is 0 Å². The molecule has 0 aliphatic heterocycles. The van der Waals surface area contributed by atoms with Gasteiger partial charge >= 0.3 is 0 Å². The number of carbonyl (C=O) groups excluding carboxylic acids is 1. The van der Waals surface area contributed by atoms with Gasteiger partial charge in [-0.1, -0.05) is 6.92 Å². The van der Waals surface area contributed by atoms with E-state index in [0.717, 1.165) is 17.0 Å². The number of benzene rings is 1. The van der Waals surface area contributed by atoms with Gasteiger partial charge in [-0.2, -0.15) is 0 Å². The van der Waals surface area contributed by atoms with Crippen LogP contribution >= 0.6 is 0 Å². The Kier molecular flexibility index (Phi) is 6.66. The zero-order valence-corrected chi connectivity index (χ0v) is 16.1. The molecule has 7 heteroatoms. The topological polar surface area (TPSA) is 75.7 Å². The van der Waals surface area contributed by atoms with Gasteiger partial charge in [-0.15, -0.1) is 0 Å². The summed E-state index contributed by atoms with van der Waals surface area (Å²) < 4.78 is 30.8. The Morgan fingerprint density at radius 3 is 2.21 bits per heavy atom. The molecule has 1 amide bonds. The fraction of sp³-hybridized carbons (Fsp3) is 0.588. The Morgan fingerprint density at radius 2 is 1.79 bits per heavy atom. The van der Waals surface area contributed by atoms with Crippen LogP contribution in [0.25, 0.3) is 0 Å². The van der Waals surface area contributed by atoms with Gasteiger partial charge in [0.05, 0.1) is 18.0 Å². The Bertz CT molecular complexity index is 652. The summed E-state index contributed by atoms with van der Waals surface area (Å²) in [4.78, 5) is 12.2. The van der Waals surface area contributed by atoms with Crippen molar-refractivity contribution in [3.8, 4) is 5.75 Å². The summed E-state index contributed by atoms with van der Waals surface area (Å²) in [5.41, 5.74) is 0.0490. The lowest BCUT2D eigenvalue weighted by molar-refractivity contribution is -0.121. The highest BCUT2D eigenvalue weighted by Gasteiger charge is 2.24. The van der Waals surface area contributed by atoms with E-state index in [-0.39, 0.29) is 24.1 Å². The zero-order valence-electron chi connectivity index (χ0n) is 15.3.